The van der Waals surface area contributed by atoms with Crippen molar-refractivity contribution in [1.29, 1.82) is 0 Å². The summed E-state index contributed by atoms with van der Waals surface area (Å²) in [5.74, 6) is 0.155. The molecule has 0 heterocycles. The average molecular weight is 440 g/mol. The Morgan fingerprint density at radius 1 is 1.06 bits per heavy atom. The highest BCUT2D eigenvalue weighted by Gasteiger charge is 2.26. The molecule has 3 rings (SSSR count). The predicted molar refractivity (Wildman–Crippen MR) is 123 cm³/mol. The van der Waals surface area contributed by atoms with Crippen molar-refractivity contribution >= 4 is 12.1 Å². The van der Waals surface area contributed by atoms with Crippen molar-refractivity contribution in [2.24, 2.45) is 0 Å². The highest BCUT2D eigenvalue weighted by molar-refractivity contribution is 5.80. The van der Waals surface area contributed by atoms with Crippen molar-refractivity contribution in [3.8, 4) is 5.75 Å². The van der Waals surface area contributed by atoms with Gasteiger partial charge in [0.05, 0.1) is 0 Å². The van der Waals surface area contributed by atoms with Gasteiger partial charge in [-0.3, -0.25) is 0 Å². The van der Waals surface area contributed by atoms with Crippen molar-refractivity contribution < 1.29 is 24.2 Å². The number of hydrogen-bond donors (Lipinski definition) is 2. The van der Waals surface area contributed by atoms with E-state index < -0.39 is 23.7 Å². The van der Waals surface area contributed by atoms with E-state index in [1.54, 1.807) is 20.8 Å². The Morgan fingerprint density at radius 2 is 1.75 bits per heavy atom. The minimum atomic E-state index is -1.09. The molecule has 0 aliphatic heterocycles. The van der Waals surface area contributed by atoms with Crippen LogP contribution in [-0.2, 0) is 22.6 Å². The Hall–Kier alpha value is -3.02. The fourth-order valence-corrected chi connectivity index (χ4v) is 4.03. The number of carboxylic acid groups (broad SMARTS) is 1. The van der Waals surface area contributed by atoms with Crippen molar-refractivity contribution in [3.63, 3.8) is 0 Å². The number of rotatable bonds is 8. The molecule has 6 heteroatoms. The van der Waals surface area contributed by atoms with E-state index in [9.17, 15) is 14.7 Å². The second-order valence-corrected chi connectivity index (χ2v) is 9.37. The minimum absolute atomic E-state index is 0.174. The first-order chi connectivity index (χ1) is 15.2. The van der Waals surface area contributed by atoms with Crippen LogP contribution in [0.25, 0.3) is 0 Å². The highest BCUT2D eigenvalue weighted by atomic mass is 16.6. The molecule has 1 aliphatic carbocycles. The molecule has 0 saturated heterocycles. The summed E-state index contributed by atoms with van der Waals surface area (Å²) in [5, 5.41) is 12.1. The minimum Gasteiger partial charge on any atom is -0.489 e. The summed E-state index contributed by atoms with van der Waals surface area (Å²) in [6.07, 6.45) is 4.01. The van der Waals surface area contributed by atoms with E-state index in [-0.39, 0.29) is 6.42 Å². The van der Waals surface area contributed by atoms with Crippen LogP contribution in [-0.4, -0.2) is 28.8 Å². The zero-order valence-corrected chi connectivity index (χ0v) is 19.1. The second kappa shape index (κ2) is 10.5. The first kappa shape index (κ1) is 23.6. The van der Waals surface area contributed by atoms with Gasteiger partial charge in [0, 0.05) is 6.42 Å². The normalized spacial score (nSPS) is 15.2. The van der Waals surface area contributed by atoms with Crippen LogP contribution in [0, 0.1) is 0 Å². The zero-order valence-electron chi connectivity index (χ0n) is 19.1. The lowest BCUT2D eigenvalue weighted by Gasteiger charge is -2.22. The molecule has 1 amide bonds. The van der Waals surface area contributed by atoms with E-state index in [1.165, 1.54) is 12.8 Å². The molecule has 0 bridgehead atoms. The molecule has 0 spiro atoms. The van der Waals surface area contributed by atoms with Gasteiger partial charge in [-0.2, -0.15) is 0 Å². The number of nitrogens with one attached hydrogen (secondary N) is 1. The molecule has 0 radical (unpaired) electrons. The predicted octanol–water partition coefficient (Wildman–Crippen LogP) is 5.44. The van der Waals surface area contributed by atoms with Gasteiger partial charge in [-0.05, 0) is 62.3 Å². The van der Waals surface area contributed by atoms with E-state index in [0.717, 1.165) is 35.3 Å². The van der Waals surface area contributed by atoms with Gasteiger partial charge in [0.2, 0.25) is 0 Å². The maximum absolute atomic E-state index is 12.1. The lowest BCUT2D eigenvalue weighted by atomic mass is 9.93. The quantitative estimate of drug-likeness (QED) is 0.572. The zero-order chi connectivity index (χ0) is 23.1. The van der Waals surface area contributed by atoms with Crippen LogP contribution in [0.3, 0.4) is 0 Å². The summed E-state index contributed by atoms with van der Waals surface area (Å²) in [6, 6.07) is 14.8. The summed E-state index contributed by atoms with van der Waals surface area (Å²) < 4.78 is 11.4. The monoisotopic (exact) mass is 439 g/mol. The van der Waals surface area contributed by atoms with Gasteiger partial charge in [-0.15, -0.1) is 0 Å². The number of alkyl carbamates (subject to hydrolysis) is 1. The molecule has 2 aromatic carbocycles. The van der Waals surface area contributed by atoms with Crippen molar-refractivity contribution in [2.75, 3.05) is 0 Å². The first-order valence-electron chi connectivity index (χ1n) is 11.2. The number of carbonyl (C=O) groups excluding carboxylic acids is 1. The molecule has 1 saturated carbocycles. The Balaban J connectivity index is 1.76. The average Bonchev–Trinajstić information content (AvgIpc) is 3.26. The molecule has 172 valence electrons. The molecule has 32 heavy (non-hydrogen) atoms. The van der Waals surface area contributed by atoms with E-state index in [2.05, 4.69) is 5.32 Å². The summed E-state index contributed by atoms with van der Waals surface area (Å²) in [5.41, 5.74) is 2.38. The molecular weight excluding hydrogens is 406 g/mol. The molecule has 2 N–H and O–H groups in total. The standard InChI is InChI=1S/C26H33NO5/c1-26(2,3)32-25(30)27-22(24(28)29)16-19-13-14-23(21(15-19)20-11-7-8-12-20)31-17-18-9-5-4-6-10-18/h4-6,9-10,13-15,20,22H,7-8,11-12,16-17H2,1-3H3,(H,27,30)(H,28,29)/t22-/m0/s1. The number of amides is 1. The Labute approximate surface area is 189 Å². The molecular formula is C26H33NO5. The summed E-state index contributed by atoms with van der Waals surface area (Å²) in [6.45, 7) is 5.71. The van der Waals surface area contributed by atoms with E-state index in [4.69, 9.17) is 9.47 Å². The number of benzene rings is 2. The SMILES string of the molecule is CC(C)(C)OC(=O)N[C@@H](Cc1ccc(OCc2ccccc2)c(C2CCCC2)c1)C(=O)O. The molecule has 2 aromatic rings. The first-order valence-corrected chi connectivity index (χ1v) is 11.2. The molecule has 1 aliphatic rings. The van der Waals surface area contributed by atoms with E-state index in [0.29, 0.717) is 12.5 Å². The van der Waals surface area contributed by atoms with Gasteiger partial charge in [0.1, 0.15) is 24.0 Å². The lowest BCUT2D eigenvalue weighted by Crippen LogP contribution is -2.44. The van der Waals surface area contributed by atoms with Gasteiger partial charge in [0.25, 0.3) is 0 Å². The van der Waals surface area contributed by atoms with Crippen LogP contribution in [0.1, 0.15) is 69.1 Å². The number of carbonyl (C=O) groups is 2. The van der Waals surface area contributed by atoms with Crippen LogP contribution >= 0.6 is 0 Å². The van der Waals surface area contributed by atoms with Crippen molar-refractivity contribution in [3.05, 3.63) is 65.2 Å². The van der Waals surface area contributed by atoms with E-state index in [1.807, 2.05) is 48.5 Å². The Kier molecular flexibility index (Phi) is 7.78. The third kappa shape index (κ3) is 7.01. The maximum atomic E-state index is 12.1. The summed E-state index contributed by atoms with van der Waals surface area (Å²) in [7, 11) is 0. The topological polar surface area (TPSA) is 84.9 Å². The number of aliphatic carboxylic acids is 1. The van der Waals surface area contributed by atoms with Crippen LogP contribution in [0.4, 0.5) is 4.79 Å². The Morgan fingerprint density at radius 3 is 2.38 bits per heavy atom. The number of hydrogen-bond acceptors (Lipinski definition) is 4. The van der Waals surface area contributed by atoms with Crippen molar-refractivity contribution in [2.45, 2.75) is 77.0 Å². The second-order valence-electron chi connectivity index (χ2n) is 9.37. The summed E-state index contributed by atoms with van der Waals surface area (Å²) >= 11 is 0. The van der Waals surface area contributed by atoms with Crippen LogP contribution in [0.15, 0.2) is 48.5 Å². The third-order valence-corrected chi connectivity index (χ3v) is 5.54. The number of carboxylic acids is 1. The fourth-order valence-electron chi connectivity index (χ4n) is 4.03. The third-order valence-electron chi connectivity index (χ3n) is 5.54. The lowest BCUT2D eigenvalue weighted by molar-refractivity contribution is -0.139. The van der Waals surface area contributed by atoms with Gasteiger partial charge >= 0.3 is 12.1 Å². The van der Waals surface area contributed by atoms with Crippen LogP contribution in [0.2, 0.25) is 0 Å². The molecule has 0 unspecified atom stereocenters. The highest BCUT2D eigenvalue weighted by Crippen LogP contribution is 2.39. The van der Waals surface area contributed by atoms with Gasteiger partial charge in [0.15, 0.2) is 0 Å². The van der Waals surface area contributed by atoms with Crippen molar-refractivity contribution in [1.82, 2.24) is 5.32 Å². The van der Waals surface area contributed by atoms with Crippen LogP contribution in [0.5, 0.6) is 5.75 Å². The van der Waals surface area contributed by atoms with Gasteiger partial charge in [-0.25, -0.2) is 9.59 Å². The smallest absolute Gasteiger partial charge is 0.408 e. The van der Waals surface area contributed by atoms with Gasteiger partial charge in [-0.1, -0.05) is 55.3 Å². The molecule has 1 atom stereocenters. The largest absolute Gasteiger partial charge is 0.489 e. The fraction of sp³-hybridized carbons (Fsp3) is 0.462. The van der Waals surface area contributed by atoms with Crippen LogP contribution < -0.4 is 10.1 Å². The molecule has 1 fully saturated rings. The van der Waals surface area contributed by atoms with Gasteiger partial charge < -0.3 is 19.9 Å². The summed E-state index contributed by atoms with van der Waals surface area (Å²) in [4.78, 5) is 23.9. The molecule has 6 nitrogen and oxygen atoms in total. The van der Waals surface area contributed by atoms with E-state index >= 15 is 0 Å². The number of ether oxygens (including phenoxy) is 2. The maximum Gasteiger partial charge on any atom is 0.408 e. The molecule has 0 aromatic heterocycles. The Bertz CT molecular complexity index is 914.